The van der Waals surface area contributed by atoms with Crippen LogP contribution in [0.4, 0.5) is 0 Å². The van der Waals surface area contributed by atoms with E-state index in [1.54, 1.807) is 12.2 Å². The average Bonchev–Trinajstić information content (AvgIpc) is 3.87. The van der Waals surface area contributed by atoms with Crippen molar-refractivity contribution in [3.8, 4) is 0 Å². The number of nitrogens with zero attached hydrogens (tertiary/aromatic N) is 1. The molecule has 346 valence electrons. The molecule has 0 radical (unpaired) electrons. The van der Waals surface area contributed by atoms with Gasteiger partial charge in [-0.1, -0.05) is 49.8 Å². The van der Waals surface area contributed by atoms with Crippen LogP contribution < -0.4 is 16.0 Å². The number of carbonyl (C=O) groups is 8. The first-order valence-corrected chi connectivity index (χ1v) is 22.7. The van der Waals surface area contributed by atoms with E-state index in [1.807, 2.05) is 37.3 Å². The highest BCUT2D eigenvalue weighted by molar-refractivity contribution is 6.13. The Morgan fingerprint density at radius 3 is 2.34 bits per heavy atom. The van der Waals surface area contributed by atoms with Crippen LogP contribution in [0.2, 0.25) is 0 Å². The molecule has 1 saturated heterocycles. The summed E-state index contributed by atoms with van der Waals surface area (Å²) in [5.41, 5.74) is -0.438. The van der Waals surface area contributed by atoms with E-state index in [0.717, 1.165) is 53.0 Å². The lowest BCUT2D eigenvalue weighted by atomic mass is 9.38. The van der Waals surface area contributed by atoms with Gasteiger partial charge in [0.2, 0.25) is 17.7 Å². The van der Waals surface area contributed by atoms with Crippen LogP contribution in [-0.2, 0) is 54.3 Å². The standard InChI is InChI=1S/C48H56N4O13/c1-44-15-13-29(54)17-28(44)7-8-30-31-18-35-48(34(56)22-53,45(31,2)20-33(55)41(30)44)65-43(64-35)27-5-3-26(4-6-27)19-46-23-47(24-46,25-46)51-42(63)32(9-12-40(61)62)50-37(58)21-49-36(57)14-16-52-38(59)10-11-39(52)60/h3-6,10-11,13,15,17,30-33,35,41,43,53,55H,7-9,12,14,16,18-25H2,1-2H3,(H,49,57)(H,50,58)(H,51,63)(H,61,62)/t30-,31-,32-,33-,35+,41+,43+,44-,45-,46?,47?,48+/m0/s1. The van der Waals surface area contributed by atoms with Crippen LogP contribution in [0.15, 0.2) is 60.2 Å². The van der Waals surface area contributed by atoms with Crippen LogP contribution >= 0.6 is 0 Å². The molecule has 0 unspecified atom stereocenters. The van der Waals surface area contributed by atoms with Gasteiger partial charge in [0, 0.05) is 59.4 Å². The lowest BCUT2D eigenvalue weighted by Gasteiger charge is -2.71. The summed E-state index contributed by atoms with van der Waals surface area (Å²) in [6.45, 7) is 2.74. The van der Waals surface area contributed by atoms with E-state index in [-0.39, 0.29) is 61.2 Å². The number of carbonyl (C=O) groups excluding carboxylic acids is 7. The van der Waals surface area contributed by atoms with Gasteiger partial charge in [0.05, 0.1) is 18.8 Å². The number of benzene rings is 1. The largest absolute Gasteiger partial charge is 0.481 e. The zero-order chi connectivity index (χ0) is 46.3. The fourth-order valence-electron chi connectivity index (χ4n) is 13.6. The van der Waals surface area contributed by atoms with Crippen molar-refractivity contribution in [2.45, 2.75) is 120 Å². The summed E-state index contributed by atoms with van der Waals surface area (Å²) in [6, 6.07) is 6.69. The number of rotatable bonds is 16. The van der Waals surface area contributed by atoms with Crippen molar-refractivity contribution < 1.29 is 63.1 Å². The molecular weight excluding hydrogens is 841 g/mol. The predicted molar refractivity (Wildman–Crippen MR) is 227 cm³/mol. The highest BCUT2D eigenvalue weighted by atomic mass is 16.7. The van der Waals surface area contributed by atoms with Gasteiger partial charge < -0.3 is 40.7 Å². The Balaban J connectivity index is 0.788. The van der Waals surface area contributed by atoms with Gasteiger partial charge in [-0.25, -0.2) is 0 Å². The minimum Gasteiger partial charge on any atom is -0.481 e. The zero-order valence-corrected chi connectivity index (χ0v) is 36.5. The number of fused-ring (bicyclic) bond motifs is 7. The molecule has 6 saturated carbocycles. The van der Waals surface area contributed by atoms with Gasteiger partial charge in [-0.3, -0.25) is 43.3 Å². The number of amides is 5. The first kappa shape index (κ1) is 44.8. The van der Waals surface area contributed by atoms with Crippen LogP contribution in [0.3, 0.4) is 0 Å². The molecule has 5 amide bonds. The van der Waals surface area contributed by atoms with E-state index in [0.29, 0.717) is 25.7 Å². The average molecular weight is 897 g/mol. The van der Waals surface area contributed by atoms with E-state index < -0.39 is 101 Å². The summed E-state index contributed by atoms with van der Waals surface area (Å²) >= 11 is 0. The van der Waals surface area contributed by atoms with E-state index in [4.69, 9.17) is 9.47 Å². The molecule has 0 spiro atoms. The van der Waals surface area contributed by atoms with Gasteiger partial charge in [0.25, 0.3) is 11.8 Å². The number of aliphatic hydroxyl groups is 2. The van der Waals surface area contributed by atoms with Crippen LogP contribution in [0.5, 0.6) is 0 Å². The number of imide groups is 1. The molecule has 0 aromatic heterocycles. The number of ketones is 2. The van der Waals surface area contributed by atoms with E-state index in [9.17, 15) is 53.7 Å². The third-order valence-electron chi connectivity index (χ3n) is 16.4. The minimum atomic E-state index is -1.45. The quantitative estimate of drug-likeness (QED) is 0.129. The Labute approximate surface area is 375 Å². The molecule has 1 aromatic rings. The Kier molecular flexibility index (Phi) is 11.2. The number of hydrogen-bond donors (Lipinski definition) is 6. The molecule has 17 heteroatoms. The molecule has 65 heavy (non-hydrogen) atoms. The number of Topliss-reactive ketones (excluding diaryl/α,β-unsaturated/α-hetero) is 1. The van der Waals surface area contributed by atoms with Crippen molar-refractivity contribution in [3.05, 3.63) is 71.3 Å². The van der Waals surface area contributed by atoms with Crippen LogP contribution in [-0.4, -0.2) is 116 Å². The molecule has 6 N–H and O–H groups in total. The van der Waals surface area contributed by atoms with Crippen molar-refractivity contribution in [2.24, 2.45) is 34.0 Å². The maximum absolute atomic E-state index is 14.0. The monoisotopic (exact) mass is 896 g/mol. The van der Waals surface area contributed by atoms with E-state index >= 15 is 0 Å². The number of nitrogens with one attached hydrogen (secondary N) is 3. The van der Waals surface area contributed by atoms with Crippen molar-refractivity contribution in [3.63, 3.8) is 0 Å². The van der Waals surface area contributed by atoms with E-state index in [2.05, 4.69) is 22.9 Å². The molecule has 2 bridgehead atoms. The number of hydrogen-bond acceptors (Lipinski definition) is 12. The maximum Gasteiger partial charge on any atom is 0.303 e. The summed E-state index contributed by atoms with van der Waals surface area (Å²) in [5, 5.41) is 39.6. The third-order valence-corrected chi connectivity index (χ3v) is 16.4. The molecule has 7 aliphatic carbocycles. The van der Waals surface area contributed by atoms with Crippen molar-refractivity contribution in [1.29, 1.82) is 0 Å². The topological polar surface area (TPSA) is 255 Å². The van der Waals surface area contributed by atoms with Crippen molar-refractivity contribution >= 4 is 47.1 Å². The fourth-order valence-corrected chi connectivity index (χ4v) is 13.6. The van der Waals surface area contributed by atoms with Crippen LogP contribution in [0.1, 0.15) is 95.5 Å². The zero-order valence-electron chi connectivity index (χ0n) is 36.5. The lowest BCUT2D eigenvalue weighted by Crippen LogP contribution is -2.76. The number of aliphatic carboxylic acids is 1. The van der Waals surface area contributed by atoms with Gasteiger partial charge in [0.1, 0.15) is 12.6 Å². The third kappa shape index (κ3) is 7.48. The lowest BCUT2D eigenvalue weighted by molar-refractivity contribution is -0.201. The molecule has 2 aliphatic heterocycles. The summed E-state index contributed by atoms with van der Waals surface area (Å²) in [7, 11) is 0. The number of aliphatic hydroxyl groups excluding tert-OH is 2. The fraction of sp³-hybridized carbons (Fsp3) is 0.583. The second-order valence-electron chi connectivity index (χ2n) is 20.3. The van der Waals surface area contributed by atoms with Gasteiger partial charge in [0.15, 0.2) is 23.5 Å². The number of allylic oxidation sites excluding steroid dienone is 4. The Hall–Kier alpha value is -5.36. The highest BCUT2D eigenvalue weighted by Crippen LogP contribution is 2.71. The second-order valence-corrected chi connectivity index (χ2v) is 20.3. The molecule has 10 rings (SSSR count). The van der Waals surface area contributed by atoms with E-state index in [1.165, 1.54) is 0 Å². The molecule has 2 heterocycles. The van der Waals surface area contributed by atoms with Gasteiger partial charge >= 0.3 is 5.97 Å². The first-order valence-electron chi connectivity index (χ1n) is 22.7. The number of ether oxygens (including phenoxy) is 2. The molecule has 17 nitrogen and oxygen atoms in total. The summed E-state index contributed by atoms with van der Waals surface area (Å²) < 4.78 is 13.4. The Bertz CT molecular complexity index is 2300. The van der Waals surface area contributed by atoms with Crippen molar-refractivity contribution in [2.75, 3.05) is 19.7 Å². The smallest absolute Gasteiger partial charge is 0.303 e. The molecule has 10 atom stereocenters. The second kappa shape index (κ2) is 16.2. The van der Waals surface area contributed by atoms with Gasteiger partial charge in [-0.05, 0) is 92.8 Å². The molecule has 9 aliphatic rings. The van der Waals surface area contributed by atoms with Crippen molar-refractivity contribution in [1.82, 2.24) is 20.9 Å². The summed E-state index contributed by atoms with van der Waals surface area (Å²) in [4.78, 5) is 100. The van der Waals surface area contributed by atoms with Gasteiger partial charge in [-0.15, -0.1) is 0 Å². The normalized spacial score (nSPS) is 37.4. The predicted octanol–water partition coefficient (Wildman–Crippen LogP) is 1.65. The Morgan fingerprint density at radius 2 is 1.66 bits per heavy atom. The number of carboxylic acids is 1. The van der Waals surface area contributed by atoms with Gasteiger partial charge in [-0.2, -0.15) is 0 Å². The maximum atomic E-state index is 14.0. The molecular formula is C48H56N4O13. The minimum absolute atomic E-state index is 0.0159. The number of carboxylic acid groups (broad SMARTS) is 1. The highest BCUT2D eigenvalue weighted by Gasteiger charge is 2.76. The Morgan fingerprint density at radius 1 is 0.954 bits per heavy atom. The summed E-state index contributed by atoms with van der Waals surface area (Å²) in [5.74, 6) is -4.58. The summed E-state index contributed by atoms with van der Waals surface area (Å²) in [6.07, 6.45) is 9.61. The first-order chi connectivity index (χ1) is 30.8. The van der Waals surface area contributed by atoms with Crippen LogP contribution in [0, 0.1) is 34.0 Å². The van der Waals surface area contributed by atoms with Crippen LogP contribution in [0.25, 0.3) is 0 Å². The SMILES string of the molecule is C[C@]12C=CC(=O)C=C1CC[C@@H]1[C@@H]2[C@@H](O)C[C@@]2(C)[C@H]1C[C@H]1O[C@@H](c3ccc(CC45CC(NC(=O)[C@H](CCC(=O)O)NC(=O)CNC(=O)CCN6C(=O)C=CC6=O)(C4)C5)cc3)O[C@]12C(=O)CO. The molecule has 1 aromatic carbocycles. The molecule has 7 fully saturated rings.